The first kappa shape index (κ1) is 16.4. The zero-order chi connectivity index (χ0) is 15.8. The Kier molecular flexibility index (Phi) is 6.27. The van der Waals surface area contributed by atoms with Crippen molar-refractivity contribution in [1.82, 2.24) is 0 Å². The van der Waals surface area contributed by atoms with Gasteiger partial charge in [-0.3, -0.25) is 4.79 Å². The number of nitrogens with one attached hydrogen (secondary N) is 2. The average Bonchev–Trinajstić information content (AvgIpc) is 2.51. The van der Waals surface area contributed by atoms with Crippen molar-refractivity contribution in [2.75, 3.05) is 23.8 Å². The molecule has 0 heterocycles. The molecule has 0 saturated heterocycles. The van der Waals surface area contributed by atoms with E-state index >= 15 is 0 Å². The van der Waals surface area contributed by atoms with Gasteiger partial charge in [0.05, 0.1) is 12.3 Å². The van der Waals surface area contributed by atoms with Crippen molar-refractivity contribution in [2.24, 2.45) is 0 Å². The van der Waals surface area contributed by atoms with Crippen LogP contribution in [0.4, 0.5) is 11.4 Å². The van der Waals surface area contributed by atoms with Gasteiger partial charge < -0.3 is 15.4 Å². The standard InChI is InChI=1S/C17H19BrN2O2/c1-2-22-16-10-6-5-9-15(16)20-17(21)11-12-19-14-8-4-3-7-13(14)18/h3-10,19H,2,11-12H2,1H3,(H,20,21). The van der Waals surface area contributed by atoms with Crippen molar-refractivity contribution in [1.29, 1.82) is 0 Å². The van der Waals surface area contributed by atoms with Gasteiger partial charge in [-0.25, -0.2) is 0 Å². The van der Waals surface area contributed by atoms with Crippen LogP contribution in [0.2, 0.25) is 0 Å². The van der Waals surface area contributed by atoms with Crippen molar-refractivity contribution >= 4 is 33.2 Å². The summed E-state index contributed by atoms with van der Waals surface area (Å²) in [5.41, 5.74) is 1.68. The van der Waals surface area contributed by atoms with Gasteiger partial charge in [-0.2, -0.15) is 0 Å². The molecule has 0 aliphatic carbocycles. The Balaban J connectivity index is 1.85. The molecule has 0 atom stereocenters. The summed E-state index contributed by atoms with van der Waals surface area (Å²) in [6.07, 6.45) is 0.377. The van der Waals surface area contributed by atoms with E-state index in [1.807, 2.05) is 55.5 Å². The fourth-order valence-corrected chi connectivity index (χ4v) is 2.40. The summed E-state index contributed by atoms with van der Waals surface area (Å²) >= 11 is 3.46. The van der Waals surface area contributed by atoms with Gasteiger partial charge in [-0.05, 0) is 47.1 Å². The van der Waals surface area contributed by atoms with Crippen molar-refractivity contribution in [3.63, 3.8) is 0 Å². The van der Waals surface area contributed by atoms with Crippen LogP contribution in [0.5, 0.6) is 5.75 Å². The zero-order valence-corrected chi connectivity index (χ0v) is 14.0. The summed E-state index contributed by atoms with van der Waals surface area (Å²) < 4.78 is 6.47. The third-order valence-corrected chi connectivity index (χ3v) is 3.69. The Morgan fingerprint density at radius 2 is 1.77 bits per heavy atom. The molecular weight excluding hydrogens is 344 g/mol. The third-order valence-electron chi connectivity index (χ3n) is 3.00. The fraction of sp³-hybridized carbons (Fsp3) is 0.235. The van der Waals surface area contributed by atoms with Crippen LogP contribution in [0, 0.1) is 0 Å². The Morgan fingerprint density at radius 3 is 2.50 bits per heavy atom. The average molecular weight is 363 g/mol. The van der Waals surface area contributed by atoms with E-state index in [0.717, 1.165) is 10.2 Å². The monoisotopic (exact) mass is 362 g/mol. The van der Waals surface area contributed by atoms with Gasteiger partial charge in [0.1, 0.15) is 5.75 Å². The van der Waals surface area contributed by atoms with E-state index < -0.39 is 0 Å². The topological polar surface area (TPSA) is 50.4 Å². The first-order valence-electron chi connectivity index (χ1n) is 7.20. The Hall–Kier alpha value is -2.01. The molecule has 0 radical (unpaired) electrons. The molecule has 4 nitrogen and oxygen atoms in total. The van der Waals surface area contributed by atoms with Gasteiger partial charge in [0.25, 0.3) is 0 Å². The number of ether oxygens (including phenoxy) is 1. The normalized spacial score (nSPS) is 10.1. The van der Waals surface area contributed by atoms with Gasteiger partial charge in [-0.1, -0.05) is 24.3 Å². The minimum absolute atomic E-state index is 0.0493. The van der Waals surface area contributed by atoms with E-state index in [2.05, 4.69) is 26.6 Å². The van der Waals surface area contributed by atoms with Crippen LogP contribution in [-0.2, 0) is 4.79 Å². The molecule has 0 saturated carbocycles. The lowest BCUT2D eigenvalue weighted by molar-refractivity contribution is -0.116. The Labute approximate surface area is 139 Å². The van der Waals surface area contributed by atoms with Crippen LogP contribution in [0.15, 0.2) is 53.0 Å². The van der Waals surface area contributed by atoms with Crippen LogP contribution < -0.4 is 15.4 Å². The first-order chi connectivity index (χ1) is 10.7. The second-order valence-corrected chi connectivity index (χ2v) is 5.49. The van der Waals surface area contributed by atoms with E-state index in [1.165, 1.54) is 0 Å². The number of hydrogen-bond acceptors (Lipinski definition) is 3. The number of carbonyl (C=O) groups excluding carboxylic acids is 1. The number of hydrogen-bond donors (Lipinski definition) is 2. The van der Waals surface area contributed by atoms with E-state index in [-0.39, 0.29) is 5.91 Å². The van der Waals surface area contributed by atoms with Crippen LogP contribution in [0.25, 0.3) is 0 Å². The molecule has 2 rings (SSSR count). The van der Waals surface area contributed by atoms with Crippen LogP contribution in [0.3, 0.4) is 0 Å². The second-order valence-electron chi connectivity index (χ2n) is 4.63. The van der Waals surface area contributed by atoms with Gasteiger partial charge in [-0.15, -0.1) is 0 Å². The number of carbonyl (C=O) groups is 1. The molecule has 116 valence electrons. The Morgan fingerprint density at radius 1 is 1.09 bits per heavy atom. The molecule has 2 aromatic rings. The van der Waals surface area contributed by atoms with Gasteiger partial charge in [0.2, 0.25) is 5.91 Å². The molecule has 0 aromatic heterocycles. The third kappa shape index (κ3) is 4.77. The molecule has 0 aliphatic heterocycles. The molecule has 1 amide bonds. The largest absolute Gasteiger partial charge is 0.492 e. The number of para-hydroxylation sites is 3. The number of amides is 1. The highest BCUT2D eigenvalue weighted by atomic mass is 79.9. The predicted octanol–water partition coefficient (Wildman–Crippen LogP) is 4.29. The van der Waals surface area contributed by atoms with Crippen molar-refractivity contribution in [2.45, 2.75) is 13.3 Å². The quantitative estimate of drug-likeness (QED) is 0.772. The number of anilines is 2. The minimum atomic E-state index is -0.0493. The zero-order valence-electron chi connectivity index (χ0n) is 12.4. The molecule has 0 aliphatic rings. The molecule has 0 spiro atoms. The maximum atomic E-state index is 12.0. The number of benzene rings is 2. The summed E-state index contributed by atoms with van der Waals surface area (Å²) in [5, 5.41) is 6.11. The molecular formula is C17H19BrN2O2. The van der Waals surface area contributed by atoms with Crippen LogP contribution in [0.1, 0.15) is 13.3 Å². The lowest BCUT2D eigenvalue weighted by atomic mass is 10.2. The summed E-state index contributed by atoms with van der Waals surface area (Å²) in [4.78, 5) is 12.0. The number of halogens is 1. The molecule has 2 N–H and O–H groups in total. The maximum absolute atomic E-state index is 12.0. The Bertz CT molecular complexity index is 632. The molecule has 0 fully saturated rings. The van der Waals surface area contributed by atoms with Crippen LogP contribution in [-0.4, -0.2) is 19.1 Å². The van der Waals surface area contributed by atoms with E-state index in [4.69, 9.17) is 4.74 Å². The lowest BCUT2D eigenvalue weighted by Gasteiger charge is -2.12. The van der Waals surface area contributed by atoms with Crippen molar-refractivity contribution < 1.29 is 9.53 Å². The summed E-state index contributed by atoms with van der Waals surface area (Å²) in [5.74, 6) is 0.642. The summed E-state index contributed by atoms with van der Waals surface area (Å²) in [7, 11) is 0. The highest BCUT2D eigenvalue weighted by Gasteiger charge is 2.07. The van der Waals surface area contributed by atoms with Gasteiger partial charge in [0, 0.05) is 23.1 Å². The molecule has 0 unspecified atom stereocenters. The predicted molar refractivity (Wildman–Crippen MR) is 93.5 cm³/mol. The highest BCUT2D eigenvalue weighted by molar-refractivity contribution is 9.10. The highest BCUT2D eigenvalue weighted by Crippen LogP contribution is 2.24. The summed E-state index contributed by atoms with van der Waals surface area (Å²) in [6, 6.07) is 15.3. The molecule has 22 heavy (non-hydrogen) atoms. The fourth-order valence-electron chi connectivity index (χ4n) is 1.98. The number of rotatable bonds is 7. The van der Waals surface area contributed by atoms with Crippen LogP contribution >= 0.6 is 15.9 Å². The lowest BCUT2D eigenvalue weighted by Crippen LogP contribution is -2.17. The van der Waals surface area contributed by atoms with E-state index in [9.17, 15) is 4.79 Å². The minimum Gasteiger partial charge on any atom is -0.492 e. The first-order valence-corrected chi connectivity index (χ1v) is 8.00. The second kappa shape index (κ2) is 8.44. The molecule has 0 bridgehead atoms. The van der Waals surface area contributed by atoms with Crippen molar-refractivity contribution in [3.8, 4) is 5.75 Å². The van der Waals surface area contributed by atoms with Crippen molar-refractivity contribution in [3.05, 3.63) is 53.0 Å². The van der Waals surface area contributed by atoms with E-state index in [0.29, 0.717) is 31.0 Å². The van der Waals surface area contributed by atoms with E-state index in [1.54, 1.807) is 0 Å². The SMILES string of the molecule is CCOc1ccccc1NC(=O)CCNc1ccccc1Br. The van der Waals surface area contributed by atoms with Gasteiger partial charge >= 0.3 is 0 Å². The smallest absolute Gasteiger partial charge is 0.226 e. The van der Waals surface area contributed by atoms with Gasteiger partial charge in [0.15, 0.2) is 0 Å². The molecule has 2 aromatic carbocycles. The molecule has 5 heteroatoms. The summed E-state index contributed by atoms with van der Waals surface area (Å²) in [6.45, 7) is 3.04. The maximum Gasteiger partial charge on any atom is 0.226 e.